The molecule has 1 rings (SSSR count). The third-order valence-electron chi connectivity index (χ3n) is 2.39. The Morgan fingerprint density at radius 3 is 2.88 bits per heavy atom. The van der Waals surface area contributed by atoms with Gasteiger partial charge in [-0.2, -0.15) is 0 Å². The number of hydrogen-bond acceptors (Lipinski definition) is 2. The Morgan fingerprint density at radius 2 is 2.18 bits per heavy atom. The number of aryl methyl sites for hydroxylation is 1. The first-order valence-electron chi connectivity index (χ1n) is 5.97. The molecule has 0 aliphatic rings. The maximum atomic E-state index is 11.6. The van der Waals surface area contributed by atoms with Crippen LogP contribution in [-0.4, -0.2) is 19.0 Å². The van der Waals surface area contributed by atoms with Crippen molar-refractivity contribution in [3.63, 3.8) is 0 Å². The summed E-state index contributed by atoms with van der Waals surface area (Å²) in [4.78, 5) is 11.6. The number of nitrogens with one attached hydrogen (secondary N) is 2. The first kappa shape index (κ1) is 13.5. The molecule has 0 radical (unpaired) electrons. The highest BCUT2D eigenvalue weighted by molar-refractivity contribution is 5.92. The summed E-state index contributed by atoms with van der Waals surface area (Å²) < 4.78 is 0. The molecule has 0 fully saturated rings. The number of carbonyl (C=O) groups excluding carboxylic acids is 1. The van der Waals surface area contributed by atoms with Crippen LogP contribution in [0.15, 0.2) is 36.9 Å². The van der Waals surface area contributed by atoms with Crippen LogP contribution in [-0.2, 0) is 11.2 Å². The average Bonchev–Trinajstić information content (AvgIpc) is 2.32. The average molecular weight is 232 g/mol. The molecular formula is C14H20N2O. The van der Waals surface area contributed by atoms with Gasteiger partial charge in [0, 0.05) is 12.2 Å². The molecule has 1 amide bonds. The van der Waals surface area contributed by atoms with Crippen molar-refractivity contribution in [3.05, 3.63) is 42.5 Å². The number of anilines is 1. The van der Waals surface area contributed by atoms with E-state index in [1.807, 2.05) is 18.2 Å². The van der Waals surface area contributed by atoms with Gasteiger partial charge in [-0.25, -0.2) is 0 Å². The maximum Gasteiger partial charge on any atom is 0.238 e. The highest BCUT2D eigenvalue weighted by Gasteiger charge is 2.04. The Bertz CT molecular complexity index is 374. The van der Waals surface area contributed by atoms with Crippen LogP contribution >= 0.6 is 0 Å². The summed E-state index contributed by atoms with van der Waals surface area (Å²) in [5.41, 5.74) is 2.10. The second-order valence-electron chi connectivity index (χ2n) is 3.87. The first-order valence-corrected chi connectivity index (χ1v) is 5.97. The van der Waals surface area contributed by atoms with Crippen molar-refractivity contribution >= 4 is 11.6 Å². The quantitative estimate of drug-likeness (QED) is 0.559. The molecule has 0 unspecified atom stereocenters. The molecule has 92 valence electrons. The van der Waals surface area contributed by atoms with E-state index in [2.05, 4.69) is 30.2 Å². The van der Waals surface area contributed by atoms with Crippen molar-refractivity contribution in [3.8, 4) is 0 Å². The Kier molecular flexibility index (Phi) is 6.04. The summed E-state index contributed by atoms with van der Waals surface area (Å²) in [7, 11) is 0. The third kappa shape index (κ3) is 4.83. The Hall–Kier alpha value is -1.61. The van der Waals surface area contributed by atoms with E-state index in [0.29, 0.717) is 13.1 Å². The van der Waals surface area contributed by atoms with E-state index >= 15 is 0 Å². The predicted octanol–water partition coefficient (Wildman–Crippen LogP) is 2.35. The summed E-state index contributed by atoms with van der Waals surface area (Å²) in [6.07, 6.45) is 3.79. The largest absolute Gasteiger partial charge is 0.325 e. The van der Waals surface area contributed by atoms with Gasteiger partial charge in [0.15, 0.2) is 0 Å². The van der Waals surface area contributed by atoms with Gasteiger partial charge >= 0.3 is 0 Å². The summed E-state index contributed by atoms with van der Waals surface area (Å²) >= 11 is 0. The van der Waals surface area contributed by atoms with Gasteiger partial charge in [0.25, 0.3) is 0 Å². The van der Waals surface area contributed by atoms with E-state index in [1.165, 1.54) is 5.56 Å². The van der Waals surface area contributed by atoms with Gasteiger partial charge < -0.3 is 10.6 Å². The second-order valence-corrected chi connectivity index (χ2v) is 3.87. The zero-order valence-corrected chi connectivity index (χ0v) is 10.3. The number of amides is 1. The number of carbonyl (C=O) groups is 1. The molecule has 0 bridgehead atoms. The fraction of sp³-hybridized carbons (Fsp3) is 0.357. The summed E-state index contributed by atoms with van der Waals surface area (Å²) in [6.45, 7) is 6.67. The van der Waals surface area contributed by atoms with E-state index in [1.54, 1.807) is 6.08 Å². The molecule has 1 aromatic carbocycles. The standard InChI is InChI=1S/C14H20N2O/c1-3-7-12-8-5-6-9-13(12)16-14(17)11-15-10-4-2/h4-6,8-9,15H,2-3,7,10-11H2,1H3,(H,16,17). The number of rotatable bonds is 7. The minimum Gasteiger partial charge on any atom is -0.325 e. The van der Waals surface area contributed by atoms with Crippen LogP contribution in [0.3, 0.4) is 0 Å². The monoisotopic (exact) mass is 232 g/mol. The van der Waals surface area contributed by atoms with Gasteiger partial charge in [0.2, 0.25) is 5.91 Å². The summed E-state index contributed by atoms with van der Waals surface area (Å²) in [5, 5.41) is 5.89. The van der Waals surface area contributed by atoms with Crippen molar-refractivity contribution < 1.29 is 4.79 Å². The van der Waals surface area contributed by atoms with Gasteiger partial charge in [-0.05, 0) is 18.1 Å². The van der Waals surface area contributed by atoms with E-state index in [-0.39, 0.29) is 5.91 Å². The molecule has 3 nitrogen and oxygen atoms in total. The van der Waals surface area contributed by atoms with Crippen LogP contribution in [0, 0.1) is 0 Å². The number of para-hydroxylation sites is 1. The van der Waals surface area contributed by atoms with Gasteiger partial charge in [-0.1, -0.05) is 37.6 Å². The predicted molar refractivity (Wildman–Crippen MR) is 72.1 cm³/mol. The molecule has 0 saturated heterocycles. The molecule has 3 heteroatoms. The fourth-order valence-corrected chi connectivity index (χ4v) is 1.61. The van der Waals surface area contributed by atoms with Crippen molar-refractivity contribution in [1.29, 1.82) is 0 Å². The van der Waals surface area contributed by atoms with Crippen LogP contribution in [0.4, 0.5) is 5.69 Å². The van der Waals surface area contributed by atoms with Crippen LogP contribution in [0.1, 0.15) is 18.9 Å². The lowest BCUT2D eigenvalue weighted by Crippen LogP contribution is -2.28. The summed E-state index contributed by atoms with van der Waals surface area (Å²) in [5.74, 6) is -0.0181. The van der Waals surface area contributed by atoms with Crippen molar-refractivity contribution in [2.45, 2.75) is 19.8 Å². The minimum atomic E-state index is -0.0181. The van der Waals surface area contributed by atoms with Crippen molar-refractivity contribution in [1.82, 2.24) is 5.32 Å². The van der Waals surface area contributed by atoms with Gasteiger partial charge in [0.1, 0.15) is 0 Å². The van der Waals surface area contributed by atoms with Crippen LogP contribution in [0.5, 0.6) is 0 Å². The van der Waals surface area contributed by atoms with E-state index in [0.717, 1.165) is 18.5 Å². The first-order chi connectivity index (χ1) is 8.27. The SMILES string of the molecule is C=CCNCC(=O)Nc1ccccc1CCC. The van der Waals surface area contributed by atoms with E-state index in [9.17, 15) is 4.79 Å². The Labute approximate surface area is 103 Å². The minimum absolute atomic E-state index is 0.0181. The molecule has 2 N–H and O–H groups in total. The normalized spacial score (nSPS) is 9.94. The molecule has 0 saturated carbocycles. The molecule has 0 aliphatic heterocycles. The molecular weight excluding hydrogens is 212 g/mol. The molecule has 0 spiro atoms. The second kappa shape index (κ2) is 7.63. The molecule has 1 aromatic rings. The van der Waals surface area contributed by atoms with Crippen molar-refractivity contribution in [2.75, 3.05) is 18.4 Å². The van der Waals surface area contributed by atoms with Gasteiger partial charge in [-0.3, -0.25) is 4.79 Å². The lowest BCUT2D eigenvalue weighted by Gasteiger charge is -2.10. The zero-order chi connectivity index (χ0) is 12.5. The van der Waals surface area contributed by atoms with Crippen LogP contribution in [0.2, 0.25) is 0 Å². The molecule has 0 heterocycles. The lowest BCUT2D eigenvalue weighted by atomic mass is 10.1. The van der Waals surface area contributed by atoms with Crippen LogP contribution < -0.4 is 10.6 Å². The zero-order valence-electron chi connectivity index (χ0n) is 10.3. The van der Waals surface area contributed by atoms with E-state index in [4.69, 9.17) is 0 Å². The topological polar surface area (TPSA) is 41.1 Å². The molecule has 0 atom stereocenters. The highest BCUT2D eigenvalue weighted by Crippen LogP contribution is 2.16. The maximum absolute atomic E-state index is 11.6. The third-order valence-corrected chi connectivity index (χ3v) is 2.39. The van der Waals surface area contributed by atoms with Crippen molar-refractivity contribution in [2.24, 2.45) is 0 Å². The Balaban J connectivity index is 2.54. The molecule has 0 aromatic heterocycles. The lowest BCUT2D eigenvalue weighted by molar-refractivity contribution is -0.115. The molecule has 0 aliphatic carbocycles. The summed E-state index contributed by atoms with van der Waals surface area (Å²) in [6, 6.07) is 7.93. The van der Waals surface area contributed by atoms with Gasteiger partial charge in [-0.15, -0.1) is 6.58 Å². The molecule has 17 heavy (non-hydrogen) atoms. The van der Waals surface area contributed by atoms with E-state index < -0.39 is 0 Å². The fourth-order valence-electron chi connectivity index (χ4n) is 1.61. The number of benzene rings is 1. The van der Waals surface area contributed by atoms with Gasteiger partial charge in [0.05, 0.1) is 6.54 Å². The number of hydrogen-bond donors (Lipinski definition) is 2. The smallest absolute Gasteiger partial charge is 0.238 e. The highest BCUT2D eigenvalue weighted by atomic mass is 16.1. The Morgan fingerprint density at radius 1 is 1.41 bits per heavy atom. The van der Waals surface area contributed by atoms with Crippen LogP contribution in [0.25, 0.3) is 0 Å².